The fourth-order valence-electron chi connectivity index (χ4n) is 3.25. The van der Waals surface area contributed by atoms with Crippen molar-refractivity contribution in [2.24, 2.45) is 0 Å². The molecule has 3 N–H and O–H groups in total. The van der Waals surface area contributed by atoms with E-state index in [1.165, 1.54) is 25.1 Å². The SMILES string of the molecule is CC(=O)Nc1ccc(Oc2ccccc2C(=O)NNS(=O)(=O)c2ccc3ccccc3c2)cc1. The monoisotopic (exact) mass is 475 g/mol. The maximum absolute atomic E-state index is 12.8. The van der Waals surface area contributed by atoms with Crippen molar-refractivity contribution in [1.82, 2.24) is 10.3 Å². The fraction of sp³-hybridized carbons (Fsp3) is 0.0400. The molecule has 9 heteroatoms. The van der Waals surface area contributed by atoms with Crippen molar-refractivity contribution in [2.75, 3.05) is 5.32 Å². The Morgan fingerprint density at radius 2 is 1.47 bits per heavy atom. The first-order chi connectivity index (χ1) is 16.3. The Bertz CT molecular complexity index is 1470. The average Bonchev–Trinajstić information content (AvgIpc) is 2.83. The van der Waals surface area contributed by atoms with Crippen molar-refractivity contribution in [2.45, 2.75) is 11.8 Å². The van der Waals surface area contributed by atoms with Crippen LogP contribution in [0.2, 0.25) is 0 Å². The number of rotatable bonds is 7. The quantitative estimate of drug-likeness (QED) is 0.347. The smallest absolute Gasteiger partial charge is 0.270 e. The number of sulfonamides is 1. The van der Waals surface area contributed by atoms with Crippen molar-refractivity contribution in [3.63, 3.8) is 0 Å². The molecule has 0 saturated heterocycles. The van der Waals surface area contributed by atoms with Gasteiger partial charge in [0.25, 0.3) is 15.9 Å². The number of para-hydroxylation sites is 1. The van der Waals surface area contributed by atoms with E-state index < -0.39 is 15.9 Å². The Hall–Kier alpha value is -4.21. The number of carbonyl (C=O) groups is 2. The third kappa shape index (κ3) is 5.40. The van der Waals surface area contributed by atoms with E-state index >= 15 is 0 Å². The third-order valence-corrected chi connectivity index (χ3v) is 6.11. The highest BCUT2D eigenvalue weighted by atomic mass is 32.2. The highest BCUT2D eigenvalue weighted by Gasteiger charge is 2.18. The van der Waals surface area contributed by atoms with Crippen LogP contribution in [-0.4, -0.2) is 20.2 Å². The van der Waals surface area contributed by atoms with E-state index in [0.29, 0.717) is 11.4 Å². The number of hydrogen-bond acceptors (Lipinski definition) is 5. The van der Waals surface area contributed by atoms with E-state index in [9.17, 15) is 18.0 Å². The first kappa shape index (κ1) is 23.0. The van der Waals surface area contributed by atoms with Crippen LogP contribution in [0.15, 0.2) is 95.9 Å². The Labute approximate surface area is 196 Å². The van der Waals surface area contributed by atoms with Gasteiger partial charge in [-0.25, -0.2) is 8.42 Å². The van der Waals surface area contributed by atoms with Gasteiger partial charge in [0, 0.05) is 12.6 Å². The Morgan fingerprint density at radius 3 is 2.21 bits per heavy atom. The molecule has 0 aromatic heterocycles. The average molecular weight is 476 g/mol. The van der Waals surface area contributed by atoms with Gasteiger partial charge in [0.05, 0.1) is 10.5 Å². The lowest BCUT2D eigenvalue weighted by atomic mass is 10.1. The molecule has 0 fully saturated rings. The summed E-state index contributed by atoms with van der Waals surface area (Å²) < 4.78 is 31.2. The lowest BCUT2D eigenvalue weighted by Crippen LogP contribution is -2.41. The summed E-state index contributed by atoms with van der Waals surface area (Å²) >= 11 is 0. The van der Waals surface area contributed by atoms with Crippen molar-refractivity contribution in [3.8, 4) is 11.5 Å². The predicted octanol–water partition coefficient (Wildman–Crippen LogP) is 4.21. The van der Waals surface area contributed by atoms with Crippen molar-refractivity contribution in [3.05, 3.63) is 96.6 Å². The molecule has 0 unspecified atom stereocenters. The van der Waals surface area contributed by atoms with Crippen molar-refractivity contribution >= 4 is 38.3 Å². The second-order valence-corrected chi connectivity index (χ2v) is 9.05. The molecule has 0 aliphatic rings. The van der Waals surface area contributed by atoms with E-state index in [1.54, 1.807) is 48.5 Å². The molecule has 172 valence electrons. The number of nitrogens with one attached hydrogen (secondary N) is 3. The number of hydrazine groups is 1. The summed E-state index contributed by atoms with van der Waals surface area (Å²) in [5.74, 6) is -0.208. The minimum Gasteiger partial charge on any atom is -0.457 e. The largest absolute Gasteiger partial charge is 0.457 e. The van der Waals surface area contributed by atoms with Crippen molar-refractivity contribution < 1.29 is 22.7 Å². The molecule has 4 aromatic carbocycles. The van der Waals surface area contributed by atoms with Gasteiger partial charge in [0.15, 0.2) is 0 Å². The lowest BCUT2D eigenvalue weighted by Gasteiger charge is -2.13. The lowest BCUT2D eigenvalue weighted by molar-refractivity contribution is -0.114. The van der Waals surface area contributed by atoms with Crippen LogP contribution >= 0.6 is 0 Å². The van der Waals surface area contributed by atoms with Gasteiger partial charge in [0.1, 0.15) is 11.5 Å². The summed E-state index contributed by atoms with van der Waals surface area (Å²) in [6, 6.07) is 25.1. The van der Waals surface area contributed by atoms with E-state index in [-0.39, 0.29) is 22.1 Å². The zero-order chi connectivity index (χ0) is 24.1. The maximum Gasteiger partial charge on any atom is 0.270 e. The van der Waals surface area contributed by atoms with Gasteiger partial charge >= 0.3 is 0 Å². The van der Waals surface area contributed by atoms with Crippen LogP contribution in [0.1, 0.15) is 17.3 Å². The predicted molar refractivity (Wildman–Crippen MR) is 129 cm³/mol. The number of anilines is 1. The number of carbonyl (C=O) groups excluding carboxylic acids is 2. The molecule has 8 nitrogen and oxygen atoms in total. The molecule has 4 aromatic rings. The number of benzene rings is 4. The summed E-state index contributed by atoms with van der Waals surface area (Å²) in [6.45, 7) is 1.41. The first-order valence-corrected chi connectivity index (χ1v) is 11.8. The van der Waals surface area contributed by atoms with Crippen LogP contribution in [0.3, 0.4) is 0 Å². The molecule has 0 spiro atoms. The van der Waals surface area contributed by atoms with Crippen LogP contribution in [0.4, 0.5) is 5.69 Å². The molecular formula is C25H21N3O5S. The van der Waals surface area contributed by atoms with Crippen molar-refractivity contribution in [1.29, 1.82) is 0 Å². The molecule has 0 saturated carbocycles. The van der Waals surface area contributed by atoms with E-state index in [1.807, 2.05) is 24.3 Å². The highest BCUT2D eigenvalue weighted by molar-refractivity contribution is 7.89. The summed E-state index contributed by atoms with van der Waals surface area (Å²) in [4.78, 5) is 26.1. The second-order valence-electron chi connectivity index (χ2n) is 7.37. The number of amides is 2. The summed E-state index contributed by atoms with van der Waals surface area (Å²) in [6.07, 6.45) is 0. The molecule has 0 heterocycles. The summed E-state index contributed by atoms with van der Waals surface area (Å²) in [5, 5.41) is 4.32. The minimum absolute atomic E-state index is 0.0234. The minimum atomic E-state index is -4.00. The van der Waals surface area contributed by atoms with E-state index in [2.05, 4.69) is 15.6 Å². The Morgan fingerprint density at radius 1 is 0.794 bits per heavy atom. The fourth-order valence-corrected chi connectivity index (χ4v) is 4.13. The van der Waals surface area contributed by atoms with Gasteiger partial charge in [-0.1, -0.05) is 42.5 Å². The van der Waals surface area contributed by atoms with E-state index in [0.717, 1.165) is 10.8 Å². The summed E-state index contributed by atoms with van der Waals surface area (Å²) in [5.41, 5.74) is 2.98. The number of hydrogen-bond donors (Lipinski definition) is 3. The number of ether oxygens (including phenoxy) is 1. The van der Waals surface area contributed by atoms with Gasteiger partial charge < -0.3 is 10.1 Å². The molecule has 0 radical (unpaired) electrons. The van der Waals surface area contributed by atoms with Crippen LogP contribution in [0.5, 0.6) is 11.5 Å². The Balaban J connectivity index is 1.47. The standard InChI is InChI=1S/C25H21N3O5S/c1-17(29)26-20-11-13-21(14-12-20)33-24-9-5-4-8-23(24)25(30)27-28-34(31,32)22-15-10-18-6-2-3-7-19(18)16-22/h2-16,28H,1H3,(H,26,29)(H,27,30). The second kappa shape index (κ2) is 9.74. The zero-order valence-corrected chi connectivity index (χ0v) is 18.9. The maximum atomic E-state index is 12.8. The molecule has 0 aliphatic heterocycles. The van der Waals surface area contributed by atoms with Gasteiger partial charge in [0.2, 0.25) is 5.91 Å². The van der Waals surface area contributed by atoms with Gasteiger partial charge in [-0.3, -0.25) is 15.0 Å². The molecule has 0 atom stereocenters. The molecule has 34 heavy (non-hydrogen) atoms. The third-order valence-electron chi connectivity index (χ3n) is 4.86. The Kier molecular flexibility index (Phi) is 6.58. The molecule has 0 aliphatic carbocycles. The molecule has 0 bridgehead atoms. The van der Waals surface area contributed by atoms with Crippen LogP contribution in [-0.2, 0) is 14.8 Å². The number of fused-ring (bicyclic) bond motifs is 1. The highest BCUT2D eigenvalue weighted by Crippen LogP contribution is 2.26. The van der Waals surface area contributed by atoms with Crippen LogP contribution < -0.4 is 20.3 Å². The first-order valence-electron chi connectivity index (χ1n) is 10.3. The topological polar surface area (TPSA) is 114 Å². The van der Waals surface area contributed by atoms with Crippen LogP contribution in [0.25, 0.3) is 10.8 Å². The zero-order valence-electron chi connectivity index (χ0n) is 18.1. The van der Waals surface area contributed by atoms with Gasteiger partial charge in [-0.2, -0.15) is 0 Å². The normalized spacial score (nSPS) is 11.1. The van der Waals surface area contributed by atoms with E-state index in [4.69, 9.17) is 4.74 Å². The van der Waals surface area contributed by atoms with Gasteiger partial charge in [-0.05, 0) is 59.3 Å². The summed E-state index contributed by atoms with van der Waals surface area (Å²) in [7, 11) is -4.00. The molecule has 2 amide bonds. The molecule has 4 rings (SSSR count). The molecular weight excluding hydrogens is 454 g/mol. The van der Waals surface area contributed by atoms with Gasteiger partial charge in [-0.15, -0.1) is 4.83 Å². The van der Waals surface area contributed by atoms with Crippen LogP contribution in [0, 0.1) is 0 Å².